The molecular weight excluding hydrogens is 468 g/mol. The van der Waals surface area contributed by atoms with E-state index in [-0.39, 0.29) is 10.8 Å². The zero-order chi connectivity index (χ0) is 26.3. The highest BCUT2D eigenvalue weighted by atomic mass is 32.2. The minimum Gasteiger partial charge on any atom is -0.264 e. The number of aromatic nitrogens is 2. The van der Waals surface area contributed by atoms with Crippen LogP contribution in [0.2, 0.25) is 0 Å². The zero-order valence-electron chi connectivity index (χ0n) is 23.4. The van der Waals surface area contributed by atoms with Gasteiger partial charge in [-0.2, -0.15) is 0 Å². The topological polar surface area (TPSA) is 16.8 Å². The normalized spacial score (nSPS) is 13.5. The Morgan fingerprint density at radius 3 is 2.32 bits per heavy atom. The lowest BCUT2D eigenvalue weighted by atomic mass is 9.83. The third-order valence-corrected chi connectivity index (χ3v) is 8.78. The molecule has 2 nitrogen and oxygen atoms in total. The van der Waals surface area contributed by atoms with Gasteiger partial charge in [-0.15, -0.1) is 0 Å². The molecule has 0 radical (unpaired) electrons. The van der Waals surface area contributed by atoms with Crippen molar-refractivity contribution in [3.05, 3.63) is 71.7 Å². The number of rotatable bonds is 2. The van der Waals surface area contributed by atoms with E-state index in [1.54, 1.807) is 0 Å². The van der Waals surface area contributed by atoms with Crippen molar-refractivity contribution < 1.29 is 4.57 Å². The maximum Gasteiger partial charge on any atom is 0.222 e. The van der Waals surface area contributed by atoms with Crippen LogP contribution in [0.3, 0.4) is 0 Å². The van der Waals surface area contributed by atoms with Crippen LogP contribution < -0.4 is 4.57 Å². The van der Waals surface area contributed by atoms with Gasteiger partial charge in [0.15, 0.2) is 6.20 Å². The van der Waals surface area contributed by atoms with Gasteiger partial charge in [-0.05, 0) is 75.6 Å². The number of pyridine rings is 2. The second-order valence-electron chi connectivity index (χ2n) is 13.3. The molecule has 0 saturated heterocycles. The maximum absolute atomic E-state index is 4.54. The van der Waals surface area contributed by atoms with Crippen LogP contribution in [-0.2, 0) is 19.9 Å². The van der Waals surface area contributed by atoms with E-state index < -0.39 is 0 Å². The monoisotopic (exact) mass is 505 g/mol. The largest absolute Gasteiger partial charge is 0.264 e. The Morgan fingerprint density at radius 1 is 0.838 bits per heavy atom. The molecule has 2 aromatic heterocycles. The summed E-state index contributed by atoms with van der Waals surface area (Å²) in [5.74, 6) is 0. The van der Waals surface area contributed by atoms with Crippen LogP contribution in [-0.4, -0.2) is 4.98 Å². The smallest absolute Gasteiger partial charge is 0.222 e. The molecule has 0 bridgehead atoms. The van der Waals surface area contributed by atoms with Crippen LogP contribution in [0.25, 0.3) is 43.6 Å². The highest BCUT2D eigenvalue weighted by Gasteiger charge is 2.33. The molecule has 37 heavy (non-hydrogen) atoms. The van der Waals surface area contributed by atoms with Crippen molar-refractivity contribution in [2.24, 2.45) is 17.9 Å². The molecule has 0 spiro atoms. The molecule has 0 atom stereocenters. The standard InChI is InChI=1S/C34H37N2S/c1-20-27-19-35-13-11-24(27)26(18-34(5,6)7)32-29(20)31-30-25(12-14-36(31)8)23-10-9-21(17-33(2,3)4)15-22(23)16-28(30)37-32/h9-16,19H,17-18H2,1-8H3/q+1. The van der Waals surface area contributed by atoms with Gasteiger partial charge in [-0.25, -0.2) is 4.57 Å². The minimum absolute atomic E-state index is 0.180. The summed E-state index contributed by atoms with van der Waals surface area (Å²) in [6, 6.07) is 14.1. The lowest BCUT2D eigenvalue weighted by Gasteiger charge is -2.28. The Hall–Kier alpha value is -2.91. The first kappa shape index (κ1) is 24.4. The molecule has 6 rings (SSSR count). The van der Waals surface area contributed by atoms with Gasteiger partial charge < -0.3 is 0 Å². The van der Waals surface area contributed by atoms with Gasteiger partial charge in [0, 0.05) is 39.0 Å². The van der Waals surface area contributed by atoms with Crippen LogP contribution in [0.1, 0.15) is 58.2 Å². The lowest BCUT2D eigenvalue weighted by Crippen LogP contribution is -2.32. The Balaban J connectivity index is 1.71. The summed E-state index contributed by atoms with van der Waals surface area (Å²) in [4.78, 5) is 7.33. The second kappa shape index (κ2) is 8.30. The van der Waals surface area contributed by atoms with Crippen molar-refractivity contribution in [2.75, 3.05) is 0 Å². The molecule has 0 amide bonds. The van der Waals surface area contributed by atoms with Crippen molar-refractivity contribution in [1.29, 1.82) is 0 Å². The number of benzene rings is 3. The Morgan fingerprint density at radius 2 is 1.59 bits per heavy atom. The SMILES string of the molecule is Cc1c2c(c(CC(C)(C)C)c3ccncc13)Sc1cc3cc(CC(C)(C)C)ccc3c3cc[n+](C)c-2c13. The average Bonchev–Trinajstić information content (AvgIpc) is 2.81. The predicted octanol–water partition coefficient (Wildman–Crippen LogP) is 8.98. The second-order valence-corrected chi connectivity index (χ2v) is 14.4. The van der Waals surface area contributed by atoms with Crippen molar-refractivity contribution in [1.82, 2.24) is 4.98 Å². The summed E-state index contributed by atoms with van der Waals surface area (Å²) in [5.41, 5.74) is 7.37. The zero-order valence-corrected chi connectivity index (χ0v) is 24.2. The molecule has 3 aromatic carbocycles. The molecule has 0 saturated carbocycles. The molecule has 5 aromatic rings. The van der Waals surface area contributed by atoms with Gasteiger partial charge in [-0.3, -0.25) is 4.98 Å². The third-order valence-electron chi connectivity index (χ3n) is 7.58. The Labute approximate surface area is 225 Å². The number of hydrogen-bond acceptors (Lipinski definition) is 2. The average molecular weight is 506 g/mol. The highest BCUT2D eigenvalue weighted by Crippen LogP contribution is 2.53. The van der Waals surface area contributed by atoms with Gasteiger partial charge >= 0.3 is 0 Å². The first-order valence-corrected chi connectivity index (χ1v) is 14.2. The summed E-state index contributed by atoms with van der Waals surface area (Å²) in [6.45, 7) is 16.3. The predicted molar refractivity (Wildman–Crippen MR) is 159 cm³/mol. The first-order chi connectivity index (χ1) is 17.4. The van der Waals surface area contributed by atoms with E-state index in [0.29, 0.717) is 0 Å². The summed E-state index contributed by atoms with van der Waals surface area (Å²) < 4.78 is 2.33. The summed E-state index contributed by atoms with van der Waals surface area (Å²) in [7, 11) is 2.20. The fourth-order valence-corrected chi connectivity index (χ4v) is 7.54. The summed E-state index contributed by atoms with van der Waals surface area (Å²) in [6.07, 6.45) is 8.37. The number of aryl methyl sites for hydroxylation is 2. The molecule has 3 heterocycles. The van der Waals surface area contributed by atoms with Crippen LogP contribution in [0.4, 0.5) is 0 Å². The van der Waals surface area contributed by atoms with Crippen molar-refractivity contribution >= 4 is 44.1 Å². The Bertz CT molecular complexity index is 1730. The molecule has 0 aliphatic carbocycles. The third kappa shape index (κ3) is 4.12. The van der Waals surface area contributed by atoms with Gasteiger partial charge in [-0.1, -0.05) is 71.5 Å². The van der Waals surface area contributed by atoms with E-state index in [2.05, 4.69) is 114 Å². The summed E-state index contributed by atoms with van der Waals surface area (Å²) >= 11 is 1.98. The maximum atomic E-state index is 4.54. The molecule has 0 unspecified atom stereocenters. The van der Waals surface area contributed by atoms with Crippen molar-refractivity contribution in [2.45, 2.75) is 71.1 Å². The molecule has 0 fully saturated rings. The molecular formula is C34H37N2S+. The minimum atomic E-state index is 0.180. The first-order valence-electron chi connectivity index (χ1n) is 13.4. The van der Waals surface area contributed by atoms with E-state index in [9.17, 15) is 0 Å². The van der Waals surface area contributed by atoms with E-state index in [0.717, 1.165) is 12.8 Å². The van der Waals surface area contributed by atoms with E-state index >= 15 is 0 Å². The van der Waals surface area contributed by atoms with Crippen LogP contribution in [0, 0.1) is 17.8 Å². The van der Waals surface area contributed by atoms with Gasteiger partial charge in [0.25, 0.3) is 0 Å². The van der Waals surface area contributed by atoms with Crippen LogP contribution >= 0.6 is 11.8 Å². The van der Waals surface area contributed by atoms with Crippen LogP contribution in [0.15, 0.2) is 64.8 Å². The molecule has 0 N–H and O–H groups in total. The number of hydrogen-bond donors (Lipinski definition) is 0. The van der Waals surface area contributed by atoms with Crippen LogP contribution in [0.5, 0.6) is 0 Å². The highest BCUT2D eigenvalue weighted by molar-refractivity contribution is 8.00. The number of fused-ring (bicyclic) bond motifs is 5. The molecule has 3 heteroatoms. The molecule has 1 aliphatic rings. The van der Waals surface area contributed by atoms with Gasteiger partial charge in [0.05, 0.1) is 10.9 Å². The van der Waals surface area contributed by atoms with E-state index in [1.165, 1.54) is 70.1 Å². The van der Waals surface area contributed by atoms with Crippen molar-refractivity contribution in [3.8, 4) is 11.3 Å². The van der Waals surface area contributed by atoms with E-state index in [1.807, 2.05) is 18.0 Å². The Kier molecular flexibility index (Phi) is 5.48. The molecule has 1 aliphatic heterocycles. The fraction of sp³-hybridized carbons (Fsp3) is 0.353. The van der Waals surface area contributed by atoms with Gasteiger partial charge in [0.1, 0.15) is 7.05 Å². The van der Waals surface area contributed by atoms with Gasteiger partial charge in [0.2, 0.25) is 5.69 Å². The quantitative estimate of drug-likeness (QED) is 0.172. The van der Waals surface area contributed by atoms with Crippen molar-refractivity contribution in [3.63, 3.8) is 0 Å². The van der Waals surface area contributed by atoms with E-state index in [4.69, 9.17) is 0 Å². The lowest BCUT2D eigenvalue weighted by molar-refractivity contribution is -0.659. The summed E-state index contributed by atoms with van der Waals surface area (Å²) in [5, 5.41) is 8.04. The molecule has 188 valence electrons. The number of nitrogens with zero attached hydrogens (tertiary/aromatic N) is 2. The fourth-order valence-electron chi connectivity index (χ4n) is 6.16.